The first kappa shape index (κ1) is 21.1. The van der Waals surface area contributed by atoms with Gasteiger partial charge in [0.15, 0.2) is 0 Å². The predicted octanol–water partition coefficient (Wildman–Crippen LogP) is 3.40. The molecule has 4 rings (SSSR count). The van der Waals surface area contributed by atoms with Gasteiger partial charge in [0.1, 0.15) is 10.8 Å². The number of nitrogens with zero attached hydrogens (tertiary/aromatic N) is 3. The monoisotopic (exact) mass is 435 g/mol. The van der Waals surface area contributed by atoms with Gasteiger partial charge >= 0.3 is 0 Å². The van der Waals surface area contributed by atoms with E-state index in [9.17, 15) is 9.59 Å². The summed E-state index contributed by atoms with van der Waals surface area (Å²) in [5.41, 5.74) is 2.11. The fourth-order valence-electron chi connectivity index (χ4n) is 3.61. The number of allylic oxidation sites excluding steroid dienone is 1. The van der Waals surface area contributed by atoms with Crippen LogP contribution in [0.1, 0.15) is 48.1 Å². The molecule has 1 fully saturated rings. The molecule has 2 N–H and O–H groups in total. The Bertz CT molecular complexity index is 1020. The van der Waals surface area contributed by atoms with Crippen LogP contribution in [-0.2, 0) is 4.79 Å². The molecule has 7 nitrogen and oxygen atoms in total. The third kappa shape index (κ3) is 4.80. The van der Waals surface area contributed by atoms with E-state index < -0.39 is 0 Å². The minimum atomic E-state index is -0.235. The largest absolute Gasteiger partial charge is 0.362 e. The predicted molar refractivity (Wildman–Crippen MR) is 120 cm³/mol. The third-order valence-electron chi connectivity index (χ3n) is 5.14. The number of carbonyl (C=O) groups excluding carboxylic acids is 2. The molecule has 2 aliphatic rings. The Morgan fingerprint density at radius 3 is 2.94 bits per heavy atom. The van der Waals surface area contributed by atoms with Crippen LogP contribution in [-0.4, -0.2) is 39.0 Å². The molecule has 1 saturated heterocycles. The number of nitrogens with one attached hydrogen (secondary N) is 2. The highest BCUT2D eigenvalue weighted by Gasteiger charge is 2.32. The van der Waals surface area contributed by atoms with Crippen molar-refractivity contribution >= 4 is 23.6 Å². The van der Waals surface area contributed by atoms with Crippen LogP contribution in [0.15, 0.2) is 71.6 Å². The number of carbonyl (C=O) groups is 2. The summed E-state index contributed by atoms with van der Waals surface area (Å²) in [6, 6.07) is 7.18. The second-order valence-electron chi connectivity index (χ2n) is 7.34. The maximum absolute atomic E-state index is 13.1. The van der Waals surface area contributed by atoms with Gasteiger partial charge in [-0.25, -0.2) is 4.98 Å². The topological polar surface area (TPSA) is 87.2 Å². The van der Waals surface area contributed by atoms with Crippen LogP contribution in [0.3, 0.4) is 0 Å². The van der Waals surface area contributed by atoms with Gasteiger partial charge in [-0.2, -0.15) is 0 Å². The van der Waals surface area contributed by atoms with Gasteiger partial charge in [0.25, 0.3) is 5.91 Å². The second-order valence-corrected chi connectivity index (χ2v) is 8.42. The maximum Gasteiger partial charge on any atom is 0.258 e. The second kappa shape index (κ2) is 9.78. The lowest BCUT2D eigenvalue weighted by Gasteiger charge is -2.36. The lowest BCUT2D eigenvalue weighted by atomic mass is 10.0. The van der Waals surface area contributed by atoms with Crippen LogP contribution >= 0.6 is 11.8 Å². The highest BCUT2D eigenvalue weighted by molar-refractivity contribution is 7.99. The maximum atomic E-state index is 13.1. The lowest BCUT2D eigenvalue weighted by molar-refractivity contribution is -0.132. The number of hydrogen-bond donors (Lipinski definition) is 2. The zero-order chi connectivity index (χ0) is 21.6. The summed E-state index contributed by atoms with van der Waals surface area (Å²) in [6.45, 7) is 2.67. The van der Waals surface area contributed by atoms with E-state index in [1.54, 1.807) is 47.4 Å². The number of pyridine rings is 2. The first-order chi connectivity index (χ1) is 15.2. The highest BCUT2D eigenvalue weighted by Crippen LogP contribution is 2.28. The normalized spacial score (nSPS) is 18.3. The molecule has 0 radical (unpaired) electrons. The minimum Gasteiger partial charge on any atom is -0.362 e. The smallest absolute Gasteiger partial charge is 0.258 e. The Morgan fingerprint density at radius 1 is 1.29 bits per heavy atom. The molecule has 1 unspecified atom stereocenters. The molecule has 0 saturated carbocycles. The summed E-state index contributed by atoms with van der Waals surface area (Å²) in [4.78, 5) is 36.2. The van der Waals surface area contributed by atoms with E-state index in [4.69, 9.17) is 0 Å². The first-order valence-electron chi connectivity index (χ1n) is 10.4. The Labute approximate surface area is 186 Å². The Balaban J connectivity index is 1.64. The average molecular weight is 436 g/mol. The van der Waals surface area contributed by atoms with Gasteiger partial charge in [0.2, 0.25) is 5.91 Å². The number of fused-ring (bicyclic) bond motifs is 1. The number of aromatic nitrogens is 2. The van der Waals surface area contributed by atoms with E-state index in [1.165, 1.54) is 0 Å². The van der Waals surface area contributed by atoms with Crippen LogP contribution in [0.5, 0.6) is 0 Å². The van der Waals surface area contributed by atoms with Crippen LogP contribution in [0, 0.1) is 0 Å². The SMILES string of the molecule is CCCSc1ncccc1C(=O)NC1=C2NC(c3ccncc3)CC(=O)N2CCC=C1. The van der Waals surface area contributed by atoms with Crippen molar-refractivity contribution in [1.82, 2.24) is 25.5 Å². The van der Waals surface area contributed by atoms with Crippen LogP contribution < -0.4 is 10.6 Å². The lowest BCUT2D eigenvalue weighted by Crippen LogP contribution is -2.47. The van der Waals surface area contributed by atoms with Gasteiger partial charge < -0.3 is 10.6 Å². The first-order valence-corrected chi connectivity index (χ1v) is 11.4. The summed E-state index contributed by atoms with van der Waals surface area (Å²) in [5, 5.41) is 7.20. The van der Waals surface area contributed by atoms with Crippen molar-refractivity contribution in [3.63, 3.8) is 0 Å². The molecule has 8 heteroatoms. The molecule has 2 aromatic rings. The minimum absolute atomic E-state index is 0.0339. The van der Waals surface area contributed by atoms with Crippen LogP contribution in [0.25, 0.3) is 0 Å². The summed E-state index contributed by atoms with van der Waals surface area (Å²) < 4.78 is 0. The standard InChI is InChI=1S/C23H25N5O2S/c1-2-14-31-23-17(6-5-10-25-23)22(30)27-18-7-3-4-13-28-20(29)15-19(26-21(18)28)16-8-11-24-12-9-16/h3,5-12,19,26H,2,4,13-15H2,1H3,(H,27,30). The number of thioether (sulfide) groups is 1. The number of amides is 2. The van der Waals surface area contributed by atoms with Crippen LogP contribution in [0.2, 0.25) is 0 Å². The molecule has 160 valence electrons. The highest BCUT2D eigenvalue weighted by atomic mass is 32.2. The van der Waals surface area contributed by atoms with E-state index in [0.717, 1.165) is 24.2 Å². The van der Waals surface area contributed by atoms with Crippen molar-refractivity contribution in [2.45, 2.75) is 37.3 Å². The van der Waals surface area contributed by atoms with E-state index in [0.29, 0.717) is 35.1 Å². The van der Waals surface area contributed by atoms with Crippen molar-refractivity contribution in [2.24, 2.45) is 0 Å². The van der Waals surface area contributed by atoms with Crippen LogP contribution in [0.4, 0.5) is 0 Å². The molecule has 0 aromatic carbocycles. The van der Waals surface area contributed by atoms with Gasteiger partial charge in [-0.1, -0.05) is 13.0 Å². The van der Waals surface area contributed by atoms with Gasteiger partial charge in [-0.3, -0.25) is 19.5 Å². The van der Waals surface area contributed by atoms with E-state index in [2.05, 4.69) is 27.5 Å². The fraction of sp³-hybridized carbons (Fsp3) is 0.304. The summed E-state index contributed by atoms with van der Waals surface area (Å²) in [6.07, 6.45) is 11.1. The zero-order valence-electron chi connectivity index (χ0n) is 17.4. The molecular weight excluding hydrogens is 410 g/mol. The molecule has 2 amide bonds. The molecule has 2 aliphatic heterocycles. The summed E-state index contributed by atoms with van der Waals surface area (Å²) in [7, 11) is 0. The fourth-order valence-corrected chi connectivity index (χ4v) is 4.46. The Morgan fingerprint density at radius 2 is 2.13 bits per heavy atom. The van der Waals surface area contributed by atoms with Gasteiger partial charge in [-0.15, -0.1) is 11.8 Å². The summed E-state index contributed by atoms with van der Waals surface area (Å²) in [5.74, 6) is 1.32. The Hall–Kier alpha value is -3.13. The number of rotatable bonds is 6. The van der Waals surface area contributed by atoms with Crippen molar-refractivity contribution in [2.75, 3.05) is 12.3 Å². The van der Waals surface area contributed by atoms with Crippen molar-refractivity contribution in [3.05, 3.63) is 77.7 Å². The number of hydrogen-bond acceptors (Lipinski definition) is 6. The molecule has 0 aliphatic carbocycles. The van der Waals surface area contributed by atoms with Gasteiger partial charge in [0, 0.05) is 25.1 Å². The molecule has 1 atom stereocenters. The molecule has 0 spiro atoms. The van der Waals surface area contributed by atoms with Crippen molar-refractivity contribution in [3.8, 4) is 0 Å². The third-order valence-corrected chi connectivity index (χ3v) is 6.35. The Kier molecular flexibility index (Phi) is 6.66. The van der Waals surface area contributed by atoms with E-state index in [1.807, 2.05) is 24.3 Å². The summed E-state index contributed by atoms with van der Waals surface area (Å²) >= 11 is 1.57. The zero-order valence-corrected chi connectivity index (χ0v) is 18.2. The van der Waals surface area contributed by atoms with Crippen molar-refractivity contribution in [1.29, 1.82) is 0 Å². The van der Waals surface area contributed by atoms with Gasteiger partial charge in [-0.05, 0) is 54.5 Å². The van der Waals surface area contributed by atoms with Crippen molar-refractivity contribution < 1.29 is 9.59 Å². The van der Waals surface area contributed by atoms with E-state index >= 15 is 0 Å². The van der Waals surface area contributed by atoms with Gasteiger partial charge in [0.05, 0.1) is 23.7 Å². The van der Waals surface area contributed by atoms with E-state index in [-0.39, 0.29) is 17.9 Å². The average Bonchev–Trinajstić information content (AvgIpc) is 3.01. The quantitative estimate of drug-likeness (QED) is 0.677. The molecule has 31 heavy (non-hydrogen) atoms. The molecule has 4 heterocycles. The molecular formula is C23H25N5O2S. The molecule has 2 aromatic heterocycles. The molecule has 0 bridgehead atoms.